The Hall–Kier alpha value is -4.73. The molecule has 0 bridgehead atoms. The van der Waals surface area contributed by atoms with Gasteiger partial charge in [0.05, 0.1) is 29.4 Å². The number of nitrogens with one attached hydrogen (secondary N) is 1. The highest BCUT2D eigenvalue weighted by Crippen LogP contribution is 2.46. The molecule has 0 aliphatic carbocycles. The topological polar surface area (TPSA) is 119 Å². The number of amides is 2. The van der Waals surface area contributed by atoms with Crippen LogP contribution in [-0.4, -0.2) is 60.3 Å². The molecule has 182 valence electrons. The molecule has 7 rings (SSSR count). The van der Waals surface area contributed by atoms with Crippen LogP contribution in [0.25, 0.3) is 33.5 Å². The third-order valence-electron chi connectivity index (χ3n) is 7.54. The fourth-order valence-corrected chi connectivity index (χ4v) is 5.48. The normalized spacial score (nSPS) is 16.3. The van der Waals surface area contributed by atoms with Crippen molar-refractivity contribution in [1.29, 1.82) is 0 Å². The van der Waals surface area contributed by atoms with Crippen molar-refractivity contribution in [2.75, 3.05) is 18.4 Å². The molecule has 1 spiro atoms. The van der Waals surface area contributed by atoms with Gasteiger partial charge in [0.25, 0.3) is 0 Å². The van der Waals surface area contributed by atoms with Crippen LogP contribution in [0.4, 0.5) is 5.69 Å². The van der Waals surface area contributed by atoms with Crippen LogP contribution in [0.2, 0.25) is 0 Å². The number of aromatic nitrogens is 6. The number of carbonyl (C=O) groups excluding carboxylic acids is 2. The quantitative estimate of drug-likeness (QED) is 0.385. The number of benzene rings is 2. The van der Waals surface area contributed by atoms with E-state index in [-0.39, 0.29) is 5.91 Å². The Kier molecular flexibility index (Phi) is 4.75. The van der Waals surface area contributed by atoms with Gasteiger partial charge in [-0.2, -0.15) is 0 Å². The van der Waals surface area contributed by atoms with Crippen LogP contribution in [0, 0.1) is 0 Å². The average molecular weight is 491 g/mol. The number of hydrogen-bond donors (Lipinski definition) is 1. The molecule has 2 aliphatic heterocycles. The van der Waals surface area contributed by atoms with E-state index in [1.54, 1.807) is 22.0 Å². The maximum Gasteiger partial charge on any atom is 0.235 e. The fraction of sp³-hybridized carbons (Fsp3) is 0.222. The smallest absolute Gasteiger partial charge is 0.235 e. The largest absolute Gasteiger partial charge is 0.345 e. The van der Waals surface area contributed by atoms with E-state index in [0.29, 0.717) is 49.5 Å². The van der Waals surface area contributed by atoms with E-state index >= 15 is 0 Å². The zero-order valence-electron chi connectivity index (χ0n) is 19.8. The summed E-state index contributed by atoms with van der Waals surface area (Å²) >= 11 is 0. The molecule has 1 N–H and O–H groups in total. The van der Waals surface area contributed by atoms with Crippen molar-refractivity contribution in [1.82, 2.24) is 34.8 Å². The summed E-state index contributed by atoms with van der Waals surface area (Å²) in [5.74, 6) is -0.000373. The van der Waals surface area contributed by atoms with Gasteiger partial charge in [0, 0.05) is 35.9 Å². The van der Waals surface area contributed by atoms with Gasteiger partial charge in [-0.25, -0.2) is 14.6 Å². The minimum Gasteiger partial charge on any atom is -0.345 e. The second kappa shape index (κ2) is 8.16. The molecule has 0 unspecified atom stereocenters. The molecule has 10 heteroatoms. The van der Waals surface area contributed by atoms with E-state index in [1.165, 1.54) is 0 Å². The molecule has 37 heavy (non-hydrogen) atoms. The van der Waals surface area contributed by atoms with Crippen LogP contribution in [-0.2, 0) is 21.5 Å². The molecule has 0 saturated carbocycles. The van der Waals surface area contributed by atoms with E-state index in [1.807, 2.05) is 42.5 Å². The van der Waals surface area contributed by atoms with Gasteiger partial charge in [-0.05, 0) is 54.3 Å². The van der Waals surface area contributed by atoms with Crippen molar-refractivity contribution in [3.8, 4) is 11.3 Å². The van der Waals surface area contributed by atoms with Crippen LogP contribution in [0.1, 0.15) is 24.0 Å². The average Bonchev–Trinajstić information content (AvgIpc) is 3.46. The fourth-order valence-electron chi connectivity index (χ4n) is 5.48. The van der Waals surface area contributed by atoms with Gasteiger partial charge in [-0.3, -0.25) is 14.6 Å². The minimum atomic E-state index is -0.628. The Bertz CT molecular complexity index is 1700. The number of piperidine rings is 1. The summed E-state index contributed by atoms with van der Waals surface area (Å²) in [4.78, 5) is 39.7. The van der Waals surface area contributed by atoms with Crippen molar-refractivity contribution in [3.63, 3.8) is 0 Å². The van der Waals surface area contributed by atoms with Gasteiger partial charge < -0.3 is 10.2 Å². The molecule has 5 heterocycles. The second-order valence-electron chi connectivity index (χ2n) is 9.62. The molecule has 1 saturated heterocycles. The monoisotopic (exact) mass is 490 g/mol. The molecular formula is C27H22N8O2. The van der Waals surface area contributed by atoms with Gasteiger partial charge in [-0.15, -0.1) is 5.10 Å². The standard InChI is InChI=1S/C27H22N8O2/c36-16-34-10-7-27(8-11-34)20-13-19(4-6-22(20)31-26(27)37)23-14-29-24-25(30-23)35(33-32-24)15-17-3-5-21-18(12-17)2-1-9-28-21/h1-6,9,12-14,16H,7-8,10-11,15H2,(H,31,37). The van der Waals surface area contributed by atoms with Gasteiger partial charge in [0.15, 0.2) is 5.65 Å². The van der Waals surface area contributed by atoms with Crippen molar-refractivity contribution in [2.24, 2.45) is 0 Å². The van der Waals surface area contributed by atoms with Crippen LogP contribution >= 0.6 is 0 Å². The zero-order chi connectivity index (χ0) is 25.0. The lowest BCUT2D eigenvalue weighted by Crippen LogP contribution is -2.45. The van der Waals surface area contributed by atoms with Crippen molar-refractivity contribution >= 4 is 40.2 Å². The molecule has 2 aliphatic rings. The first-order chi connectivity index (χ1) is 18.1. The minimum absolute atomic E-state index is 0.000373. The molecule has 2 aromatic carbocycles. The van der Waals surface area contributed by atoms with Crippen LogP contribution in [0.3, 0.4) is 0 Å². The number of likely N-dealkylation sites (tertiary alicyclic amines) is 1. The number of fused-ring (bicyclic) bond motifs is 4. The van der Waals surface area contributed by atoms with Crippen molar-refractivity contribution < 1.29 is 9.59 Å². The van der Waals surface area contributed by atoms with E-state index < -0.39 is 5.41 Å². The van der Waals surface area contributed by atoms with E-state index in [4.69, 9.17) is 4.98 Å². The highest BCUT2D eigenvalue weighted by atomic mass is 16.2. The Labute approximate surface area is 211 Å². The molecule has 0 radical (unpaired) electrons. The number of carbonyl (C=O) groups is 2. The van der Waals surface area contributed by atoms with Gasteiger partial charge in [0.2, 0.25) is 18.0 Å². The highest BCUT2D eigenvalue weighted by Gasteiger charge is 2.48. The first kappa shape index (κ1) is 21.5. The lowest BCUT2D eigenvalue weighted by Gasteiger charge is -2.36. The lowest BCUT2D eigenvalue weighted by molar-refractivity contribution is -0.126. The summed E-state index contributed by atoms with van der Waals surface area (Å²) in [5, 5.41) is 12.6. The number of nitrogens with zero attached hydrogens (tertiary/aromatic N) is 7. The summed E-state index contributed by atoms with van der Waals surface area (Å²) in [6, 6.07) is 16.0. The number of rotatable bonds is 4. The molecular weight excluding hydrogens is 468 g/mol. The predicted molar refractivity (Wildman–Crippen MR) is 137 cm³/mol. The maximum absolute atomic E-state index is 13.0. The molecule has 3 aromatic heterocycles. The summed E-state index contributed by atoms with van der Waals surface area (Å²) in [6.45, 7) is 1.61. The van der Waals surface area contributed by atoms with Gasteiger partial charge >= 0.3 is 0 Å². The molecule has 10 nitrogen and oxygen atoms in total. The van der Waals surface area contributed by atoms with Gasteiger partial charge in [0.1, 0.15) is 0 Å². The van der Waals surface area contributed by atoms with Crippen molar-refractivity contribution in [3.05, 3.63) is 72.1 Å². The number of anilines is 1. The zero-order valence-corrected chi connectivity index (χ0v) is 19.8. The third-order valence-corrected chi connectivity index (χ3v) is 7.54. The lowest BCUT2D eigenvalue weighted by atomic mass is 9.73. The third kappa shape index (κ3) is 3.44. The van der Waals surface area contributed by atoms with E-state index in [2.05, 4.69) is 31.7 Å². The maximum atomic E-state index is 13.0. The van der Waals surface area contributed by atoms with Gasteiger partial charge in [-0.1, -0.05) is 23.4 Å². The number of hydrogen-bond acceptors (Lipinski definition) is 7. The second-order valence-corrected chi connectivity index (χ2v) is 9.62. The summed E-state index contributed by atoms with van der Waals surface area (Å²) in [5.41, 5.74) is 5.76. The van der Waals surface area contributed by atoms with Crippen LogP contribution in [0.15, 0.2) is 60.9 Å². The molecule has 5 aromatic rings. The van der Waals surface area contributed by atoms with Crippen molar-refractivity contribution in [2.45, 2.75) is 24.8 Å². The highest BCUT2D eigenvalue weighted by molar-refractivity contribution is 6.07. The predicted octanol–water partition coefficient (Wildman–Crippen LogP) is 2.93. The molecule has 1 fully saturated rings. The Balaban J connectivity index is 1.24. The first-order valence-corrected chi connectivity index (χ1v) is 12.2. The van der Waals surface area contributed by atoms with Crippen LogP contribution < -0.4 is 5.32 Å². The Morgan fingerprint density at radius 2 is 1.95 bits per heavy atom. The Morgan fingerprint density at radius 3 is 2.81 bits per heavy atom. The summed E-state index contributed by atoms with van der Waals surface area (Å²) < 4.78 is 1.75. The number of pyridine rings is 1. The first-order valence-electron chi connectivity index (χ1n) is 12.2. The summed E-state index contributed by atoms with van der Waals surface area (Å²) in [6.07, 6.45) is 5.52. The SMILES string of the molecule is O=CN1CCC2(CC1)C(=O)Nc1ccc(-c3cnc4nnn(Cc5ccc6ncccc6c5)c4n3)cc12. The van der Waals surface area contributed by atoms with Crippen LogP contribution in [0.5, 0.6) is 0 Å². The van der Waals surface area contributed by atoms with E-state index in [0.717, 1.165) is 39.7 Å². The molecule has 2 amide bonds. The molecule has 0 atom stereocenters. The Morgan fingerprint density at radius 1 is 1.05 bits per heavy atom. The summed E-state index contributed by atoms with van der Waals surface area (Å²) in [7, 11) is 0. The van der Waals surface area contributed by atoms with E-state index in [9.17, 15) is 9.59 Å².